The molecule has 66 valence electrons. The molecule has 0 aliphatic carbocycles. The van der Waals surface area contributed by atoms with Crippen LogP contribution in [0.4, 0.5) is 19.0 Å². The predicted molar refractivity (Wildman–Crippen MR) is 38.4 cm³/mol. The maximum atomic E-state index is 12.1. The fraction of sp³-hybridized carbons (Fsp3) is 0.286. The van der Waals surface area contributed by atoms with E-state index < -0.39 is 13.1 Å². The summed E-state index contributed by atoms with van der Waals surface area (Å²) in [5.41, 5.74) is 4.80. The lowest BCUT2D eigenvalue weighted by molar-refractivity contribution is 0.151. The zero-order valence-corrected chi connectivity index (χ0v) is 6.10. The summed E-state index contributed by atoms with van der Waals surface area (Å²) in [7, 11) is 0. The minimum Gasteiger partial charge on any atom is -0.384 e. The minimum atomic E-state index is -2.64. The number of pyridine rings is 1. The third-order valence-corrected chi connectivity index (χ3v) is 1.31. The number of nitrogen functional groups attached to an aromatic ring is 1. The number of halogens is 3. The molecular weight excluding hydrogens is 169 g/mol. The van der Waals surface area contributed by atoms with Gasteiger partial charge in [-0.1, -0.05) is 0 Å². The monoisotopic (exact) mass is 176 g/mol. The molecule has 0 saturated heterocycles. The molecule has 5 heteroatoms. The van der Waals surface area contributed by atoms with E-state index in [1.165, 1.54) is 0 Å². The highest BCUT2D eigenvalue weighted by molar-refractivity contribution is 5.35. The molecule has 0 aliphatic heterocycles. The van der Waals surface area contributed by atoms with Gasteiger partial charge in [0.05, 0.1) is 5.69 Å². The Morgan fingerprint density at radius 1 is 1.42 bits per heavy atom. The molecule has 0 amide bonds. The Morgan fingerprint density at radius 3 is 2.58 bits per heavy atom. The molecule has 0 unspecified atom stereocenters. The number of nitrogens with zero attached hydrogens (tertiary/aromatic N) is 1. The van der Waals surface area contributed by atoms with Crippen molar-refractivity contribution >= 4 is 5.82 Å². The standard InChI is InChI=1S/C7H7F3N2/c8-3-5-1-4(7(9)10)2-6(11)12-5/h1-2,7H,3H2,(H2,11,12). The average molecular weight is 176 g/mol. The van der Waals surface area contributed by atoms with Gasteiger partial charge in [0.15, 0.2) is 0 Å². The van der Waals surface area contributed by atoms with E-state index in [0.29, 0.717) is 0 Å². The van der Waals surface area contributed by atoms with Crippen LogP contribution in [0.25, 0.3) is 0 Å². The molecule has 0 aliphatic rings. The van der Waals surface area contributed by atoms with Crippen LogP contribution < -0.4 is 5.73 Å². The predicted octanol–water partition coefficient (Wildman–Crippen LogP) is 2.07. The first-order valence-electron chi connectivity index (χ1n) is 3.24. The second-order valence-electron chi connectivity index (χ2n) is 2.25. The van der Waals surface area contributed by atoms with Crippen LogP contribution in [-0.2, 0) is 6.67 Å². The Hall–Kier alpha value is -1.26. The van der Waals surface area contributed by atoms with Crippen molar-refractivity contribution in [3.05, 3.63) is 23.4 Å². The first-order chi connectivity index (χ1) is 5.63. The third kappa shape index (κ3) is 1.87. The van der Waals surface area contributed by atoms with Crippen LogP contribution in [-0.4, -0.2) is 4.98 Å². The number of hydrogen-bond donors (Lipinski definition) is 1. The first-order valence-corrected chi connectivity index (χ1v) is 3.24. The number of nitrogens with two attached hydrogens (primary N) is 1. The van der Waals surface area contributed by atoms with E-state index in [-0.39, 0.29) is 17.1 Å². The van der Waals surface area contributed by atoms with Crippen LogP contribution >= 0.6 is 0 Å². The van der Waals surface area contributed by atoms with Crippen LogP contribution in [0.2, 0.25) is 0 Å². The second-order valence-corrected chi connectivity index (χ2v) is 2.25. The van der Waals surface area contributed by atoms with Gasteiger partial charge < -0.3 is 5.73 Å². The molecule has 0 bridgehead atoms. The van der Waals surface area contributed by atoms with Crippen LogP contribution in [0.15, 0.2) is 12.1 Å². The lowest BCUT2D eigenvalue weighted by Crippen LogP contribution is -1.97. The first kappa shape index (κ1) is 8.83. The SMILES string of the molecule is Nc1cc(C(F)F)cc(CF)n1. The molecule has 2 N–H and O–H groups in total. The molecule has 0 fully saturated rings. The van der Waals surface area contributed by atoms with Gasteiger partial charge >= 0.3 is 0 Å². The lowest BCUT2D eigenvalue weighted by atomic mass is 10.2. The summed E-state index contributed by atoms with van der Waals surface area (Å²) >= 11 is 0. The van der Waals surface area contributed by atoms with Crippen molar-refractivity contribution in [2.45, 2.75) is 13.1 Å². The van der Waals surface area contributed by atoms with Crippen molar-refractivity contribution in [2.24, 2.45) is 0 Å². The number of alkyl halides is 3. The molecule has 12 heavy (non-hydrogen) atoms. The fourth-order valence-corrected chi connectivity index (χ4v) is 0.830. The summed E-state index contributed by atoms with van der Waals surface area (Å²) in [5.74, 6) is -0.0829. The summed E-state index contributed by atoms with van der Waals surface area (Å²) in [6.07, 6.45) is -2.64. The van der Waals surface area contributed by atoms with Gasteiger partial charge in [-0.3, -0.25) is 0 Å². The number of aromatic nitrogens is 1. The number of hydrogen-bond acceptors (Lipinski definition) is 2. The molecule has 0 saturated carbocycles. The highest BCUT2D eigenvalue weighted by Gasteiger charge is 2.09. The van der Waals surface area contributed by atoms with Gasteiger partial charge in [0, 0.05) is 5.56 Å². The van der Waals surface area contributed by atoms with Crippen LogP contribution in [0.1, 0.15) is 17.7 Å². The van der Waals surface area contributed by atoms with Crippen LogP contribution in [0.3, 0.4) is 0 Å². The fourth-order valence-electron chi connectivity index (χ4n) is 0.830. The molecule has 0 radical (unpaired) electrons. The van der Waals surface area contributed by atoms with Crippen molar-refractivity contribution in [1.29, 1.82) is 0 Å². The van der Waals surface area contributed by atoms with Gasteiger partial charge in [-0.25, -0.2) is 18.2 Å². The molecule has 1 rings (SSSR count). The topological polar surface area (TPSA) is 38.9 Å². The van der Waals surface area contributed by atoms with Gasteiger partial charge in [0.25, 0.3) is 6.43 Å². The Kier molecular flexibility index (Phi) is 2.52. The van der Waals surface area contributed by atoms with E-state index in [0.717, 1.165) is 12.1 Å². The van der Waals surface area contributed by atoms with Crippen molar-refractivity contribution < 1.29 is 13.2 Å². The zero-order chi connectivity index (χ0) is 9.14. The number of anilines is 1. The molecule has 2 nitrogen and oxygen atoms in total. The highest BCUT2D eigenvalue weighted by atomic mass is 19.3. The van der Waals surface area contributed by atoms with E-state index in [4.69, 9.17) is 5.73 Å². The van der Waals surface area contributed by atoms with Gasteiger partial charge in [0.2, 0.25) is 0 Å². The van der Waals surface area contributed by atoms with Gasteiger partial charge in [-0.05, 0) is 12.1 Å². The molecule has 1 aromatic rings. The van der Waals surface area contributed by atoms with Crippen molar-refractivity contribution in [2.75, 3.05) is 5.73 Å². The van der Waals surface area contributed by atoms with Crippen molar-refractivity contribution in [3.63, 3.8) is 0 Å². The Bertz CT molecular complexity index is 275. The van der Waals surface area contributed by atoms with E-state index in [1.807, 2.05) is 0 Å². The molecule has 1 heterocycles. The molecule has 0 spiro atoms. The van der Waals surface area contributed by atoms with Crippen LogP contribution in [0, 0.1) is 0 Å². The maximum Gasteiger partial charge on any atom is 0.264 e. The average Bonchev–Trinajstić information content (AvgIpc) is 2.03. The van der Waals surface area contributed by atoms with E-state index >= 15 is 0 Å². The minimum absolute atomic E-state index is 0.0645. The maximum absolute atomic E-state index is 12.1. The summed E-state index contributed by atoms with van der Waals surface area (Å²) in [6.45, 7) is -0.884. The summed E-state index contributed by atoms with van der Waals surface area (Å²) < 4.78 is 36.1. The molecule has 0 aromatic carbocycles. The molecular formula is C7H7F3N2. The summed E-state index contributed by atoms with van der Waals surface area (Å²) in [4.78, 5) is 3.50. The Labute approximate surface area is 67.2 Å². The van der Waals surface area contributed by atoms with Gasteiger partial charge in [-0.2, -0.15) is 0 Å². The Balaban J connectivity index is 3.06. The lowest BCUT2D eigenvalue weighted by Gasteiger charge is -2.02. The van der Waals surface area contributed by atoms with Crippen molar-refractivity contribution in [3.8, 4) is 0 Å². The highest BCUT2D eigenvalue weighted by Crippen LogP contribution is 2.20. The quantitative estimate of drug-likeness (QED) is 0.749. The van der Waals surface area contributed by atoms with E-state index in [9.17, 15) is 13.2 Å². The number of rotatable bonds is 2. The normalized spacial score (nSPS) is 10.7. The zero-order valence-electron chi connectivity index (χ0n) is 6.10. The van der Waals surface area contributed by atoms with Gasteiger partial charge in [0.1, 0.15) is 12.5 Å². The van der Waals surface area contributed by atoms with Crippen LogP contribution in [0.5, 0.6) is 0 Å². The second kappa shape index (κ2) is 3.42. The summed E-state index contributed by atoms with van der Waals surface area (Å²) in [5, 5.41) is 0. The smallest absolute Gasteiger partial charge is 0.264 e. The Morgan fingerprint density at radius 2 is 2.08 bits per heavy atom. The molecule has 1 aromatic heterocycles. The largest absolute Gasteiger partial charge is 0.384 e. The summed E-state index contributed by atoms with van der Waals surface area (Å²) in [6, 6.07) is 2.03. The van der Waals surface area contributed by atoms with Crippen molar-refractivity contribution in [1.82, 2.24) is 4.98 Å². The van der Waals surface area contributed by atoms with E-state index in [2.05, 4.69) is 4.98 Å². The third-order valence-electron chi connectivity index (χ3n) is 1.31. The van der Waals surface area contributed by atoms with E-state index in [1.54, 1.807) is 0 Å². The van der Waals surface area contributed by atoms with Gasteiger partial charge in [-0.15, -0.1) is 0 Å². The molecule has 0 atom stereocenters.